The standard InChI is InChI=1S/C24H42O2/c1-13-11-17(23(5,6)7)21(25)19(15(13)3)20-16(4)14(2)12-18(22(20)26)24(8,9)10/h11,13-15,18-19,21-22,25-26H,12H2,1-10H3/t13-,14+,15-,18-,19?,21+,22-/m0/s1. The van der Waals surface area contributed by atoms with Gasteiger partial charge < -0.3 is 10.2 Å². The van der Waals surface area contributed by atoms with Crippen LogP contribution in [0.2, 0.25) is 0 Å². The average Bonchev–Trinajstić information content (AvgIpc) is 2.47. The molecule has 2 aliphatic rings. The van der Waals surface area contributed by atoms with Gasteiger partial charge >= 0.3 is 0 Å². The van der Waals surface area contributed by atoms with Crippen molar-refractivity contribution in [1.29, 1.82) is 0 Å². The van der Waals surface area contributed by atoms with Crippen LogP contribution in [-0.2, 0) is 0 Å². The maximum absolute atomic E-state index is 11.4. The Kier molecular flexibility index (Phi) is 5.92. The lowest BCUT2D eigenvalue weighted by Crippen LogP contribution is -2.47. The minimum atomic E-state index is -0.508. The van der Waals surface area contributed by atoms with Crippen LogP contribution in [0, 0.1) is 40.4 Å². The Balaban J connectivity index is 2.56. The van der Waals surface area contributed by atoms with Gasteiger partial charge in [-0.05, 0) is 59.0 Å². The molecule has 0 saturated carbocycles. The topological polar surface area (TPSA) is 40.5 Å². The number of aliphatic hydroxyl groups is 2. The first-order valence-electron chi connectivity index (χ1n) is 10.5. The molecule has 0 aliphatic heterocycles. The normalized spacial score (nSPS) is 39.8. The monoisotopic (exact) mass is 362 g/mol. The molecule has 0 fully saturated rings. The second kappa shape index (κ2) is 7.09. The third kappa shape index (κ3) is 3.83. The zero-order valence-electron chi connectivity index (χ0n) is 18.7. The molecular weight excluding hydrogens is 320 g/mol. The molecule has 0 saturated heterocycles. The van der Waals surface area contributed by atoms with Crippen molar-refractivity contribution in [3.8, 4) is 0 Å². The Hall–Kier alpha value is -0.600. The molecule has 0 radical (unpaired) electrons. The van der Waals surface area contributed by atoms with Crippen molar-refractivity contribution in [2.24, 2.45) is 40.4 Å². The fourth-order valence-corrected chi connectivity index (χ4v) is 5.20. The van der Waals surface area contributed by atoms with Gasteiger partial charge in [0.2, 0.25) is 0 Å². The van der Waals surface area contributed by atoms with Crippen LogP contribution in [-0.4, -0.2) is 22.4 Å². The highest BCUT2D eigenvalue weighted by atomic mass is 16.3. The van der Waals surface area contributed by atoms with Gasteiger partial charge in [-0.15, -0.1) is 0 Å². The minimum Gasteiger partial charge on any atom is -0.388 e. The maximum atomic E-state index is 11.4. The van der Waals surface area contributed by atoms with E-state index < -0.39 is 12.2 Å². The maximum Gasteiger partial charge on any atom is 0.0824 e. The fraction of sp³-hybridized carbons (Fsp3) is 0.833. The summed E-state index contributed by atoms with van der Waals surface area (Å²) in [5, 5.41) is 22.8. The summed E-state index contributed by atoms with van der Waals surface area (Å²) in [6, 6.07) is 0. The molecule has 2 N–H and O–H groups in total. The molecule has 0 aromatic rings. The third-order valence-electron chi connectivity index (χ3n) is 7.34. The number of hydrogen-bond donors (Lipinski definition) is 2. The van der Waals surface area contributed by atoms with Crippen molar-refractivity contribution in [2.75, 3.05) is 0 Å². The Morgan fingerprint density at radius 1 is 0.923 bits per heavy atom. The number of aliphatic hydroxyl groups excluding tert-OH is 2. The quantitative estimate of drug-likeness (QED) is 0.596. The highest BCUT2D eigenvalue weighted by Crippen LogP contribution is 2.51. The van der Waals surface area contributed by atoms with E-state index in [2.05, 4.69) is 75.3 Å². The molecule has 26 heavy (non-hydrogen) atoms. The van der Waals surface area contributed by atoms with E-state index in [1.807, 2.05) is 0 Å². The van der Waals surface area contributed by atoms with Crippen LogP contribution in [0.15, 0.2) is 22.8 Å². The average molecular weight is 363 g/mol. The molecule has 0 aromatic carbocycles. The van der Waals surface area contributed by atoms with E-state index in [1.165, 1.54) is 5.57 Å². The van der Waals surface area contributed by atoms with Crippen LogP contribution in [0.4, 0.5) is 0 Å². The van der Waals surface area contributed by atoms with Crippen LogP contribution >= 0.6 is 0 Å². The summed E-state index contributed by atoms with van der Waals surface area (Å²) in [6.45, 7) is 22.2. The molecule has 1 unspecified atom stereocenters. The summed E-state index contributed by atoms with van der Waals surface area (Å²) in [4.78, 5) is 0. The second-order valence-electron chi connectivity index (χ2n) is 11.3. The lowest BCUT2D eigenvalue weighted by atomic mass is 9.58. The van der Waals surface area contributed by atoms with Gasteiger partial charge in [0.15, 0.2) is 0 Å². The molecule has 2 aliphatic carbocycles. The van der Waals surface area contributed by atoms with E-state index in [0.717, 1.165) is 17.6 Å². The Labute approximate surface area is 161 Å². The summed E-state index contributed by atoms with van der Waals surface area (Å²) in [6.07, 6.45) is 2.34. The van der Waals surface area contributed by atoms with Crippen LogP contribution in [0.1, 0.15) is 75.7 Å². The van der Waals surface area contributed by atoms with Crippen molar-refractivity contribution < 1.29 is 10.2 Å². The van der Waals surface area contributed by atoms with E-state index in [4.69, 9.17) is 0 Å². The summed E-state index contributed by atoms with van der Waals surface area (Å²) < 4.78 is 0. The van der Waals surface area contributed by atoms with Crippen LogP contribution in [0.25, 0.3) is 0 Å². The highest BCUT2D eigenvalue weighted by Gasteiger charge is 2.47. The molecule has 0 aromatic heterocycles. The summed E-state index contributed by atoms with van der Waals surface area (Å²) in [5.74, 6) is 1.41. The first-order valence-corrected chi connectivity index (χ1v) is 10.5. The molecular formula is C24H42O2. The van der Waals surface area contributed by atoms with Crippen LogP contribution < -0.4 is 0 Å². The van der Waals surface area contributed by atoms with Crippen molar-refractivity contribution in [3.63, 3.8) is 0 Å². The van der Waals surface area contributed by atoms with Crippen molar-refractivity contribution in [3.05, 3.63) is 22.8 Å². The molecule has 2 rings (SSSR count). The van der Waals surface area contributed by atoms with Crippen LogP contribution in [0.5, 0.6) is 0 Å². The minimum absolute atomic E-state index is 0.00632. The Morgan fingerprint density at radius 3 is 1.92 bits per heavy atom. The number of rotatable bonds is 1. The van der Waals surface area contributed by atoms with Gasteiger partial charge in [-0.3, -0.25) is 0 Å². The highest BCUT2D eigenvalue weighted by molar-refractivity contribution is 5.34. The largest absolute Gasteiger partial charge is 0.388 e. The Morgan fingerprint density at radius 2 is 1.46 bits per heavy atom. The van der Waals surface area contributed by atoms with Gasteiger partial charge in [0, 0.05) is 5.92 Å². The van der Waals surface area contributed by atoms with Gasteiger partial charge in [0.05, 0.1) is 12.2 Å². The van der Waals surface area contributed by atoms with E-state index in [-0.39, 0.29) is 22.7 Å². The van der Waals surface area contributed by atoms with E-state index in [0.29, 0.717) is 17.8 Å². The van der Waals surface area contributed by atoms with Gasteiger partial charge in [0.1, 0.15) is 0 Å². The summed E-state index contributed by atoms with van der Waals surface area (Å²) in [5.41, 5.74) is 3.55. The predicted octanol–water partition coefficient (Wildman–Crippen LogP) is 5.60. The molecule has 7 atom stereocenters. The van der Waals surface area contributed by atoms with E-state index in [1.54, 1.807) is 0 Å². The molecule has 0 amide bonds. The fourth-order valence-electron chi connectivity index (χ4n) is 5.20. The molecule has 2 heteroatoms. The zero-order valence-corrected chi connectivity index (χ0v) is 18.7. The van der Waals surface area contributed by atoms with Crippen molar-refractivity contribution in [2.45, 2.75) is 87.9 Å². The van der Waals surface area contributed by atoms with Gasteiger partial charge in [-0.1, -0.05) is 74.0 Å². The van der Waals surface area contributed by atoms with Gasteiger partial charge in [0.25, 0.3) is 0 Å². The van der Waals surface area contributed by atoms with Crippen molar-refractivity contribution in [1.82, 2.24) is 0 Å². The van der Waals surface area contributed by atoms with Gasteiger partial charge in [-0.2, -0.15) is 0 Å². The molecule has 0 spiro atoms. The number of allylic oxidation sites excluding steroid dienone is 2. The third-order valence-corrected chi connectivity index (χ3v) is 7.34. The Bertz CT molecular complexity index is 584. The zero-order chi connectivity index (χ0) is 20.2. The first-order chi connectivity index (χ1) is 11.7. The van der Waals surface area contributed by atoms with Gasteiger partial charge in [-0.25, -0.2) is 0 Å². The van der Waals surface area contributed by atoms with E-state index >= 15 is 0 Å². The van der Waals surface area contributed by atoms with E-state index in [9.17, 15) is 10.2 Å². The SMILES string of the molecule is CC1=C(C2[C@H](O)C(C(C)(C)C)=C[C@H](C)[C@@H]2C)[C@@H](O)[C@@H](C(C)(C)C)C[C@H]1C. The molecule has 0 bridgehead atoms. The molecule has 0 heterocycles. The summed E-state index contributed by atoms with van der Waals surface area (Å²) >= 11 is 0. The molecule has 2 nitrogen and oxygen atoms in total. The predicted molar refractivity (Wildman–Crippen MR) is 111 cm³/mol. The summed E-state index contributed by atoms with van der Waals surface area (Å²) in [7, 11) is 0. The van der Waals surface area contributed by atoms with Crippen LogP contribution in [0.3, 0.4) is 0 Å². The second-order valence-corrected chi connectivity index (χ2v) is 11.3. The lowest BCUT2D eigenvalue weighted by molar-refractivity contribution is 0.00966. The first kappa shape index (κ1) is 21.7. The molecule has 150 valence electrons. The number of hydrogen-bond acceptors (Lipinski definition) is 2. The van der Waals surface area contributed by atoms with Crippen molar-refractivity contribution >= 4 is 0 Å². The smallest absolute Gasteiger partial charge is 0.0824 e. The lowest BCUT2D eigenvalue weighted by Gasteiger charge is -2.49.